The number of aromatic nitrogens is 2. The second-order valence-electron chi connectivity index (χ2n) is 15.4. The van der Waals surface area contributed by atoms with E-state index in [-0.39, 0.29) is 30.2 Å². The number of anilines is 1. The molecule has 3 N–H and O–H groups in total. The van der Waals surface area contributed by atoms with Gasteiger partial charge in [-0.1, -0.05) is 76.1 Å². The number of rotatable bonds is 7. The Kier molecular flexibility index (Phi) is 10.2. The van der Waals surface area contributed by atoms with Gasteiger partial charge in [-0.15, -0.1) is 11.3 Å². The number of benzene rings is 2. The summed E-state index contributed by atoms with van der Waals surface area (Å²) in [4.78, 5) is 52.8. The number of allylic oxidation sites excluding steroid dienone is 1. The van der Waals surface area contributed by atoms with E-state index in [0.717, 1.165) is 42.3 Å². The van der Waals surface area contributed by atoms with Crippen LogP contribution in [0.15, 0.2) is 72.1 Å². The summed E-state index contributed by atoms with van der Waals surface area (Å²) in [5.74, 6) is -0.876. The second kappa shape index (κ2) is 14.8. The third-order valence-corrected chi connectivity index (χ3v) is 11.3. The van der Waals surface area contributed by atoms with Gasteiger partial charge in [0.05, 0.1) is 30.6 Å². The maximum Gasteiger partial charge on any atom is 0.330 e. The summed E-state index contributed by atoms with van der Waals surface area (Å²) in [6, 6.07) is 15.7. The van der Waals surface area contributed by atoms with Crippen molar-refractivity contribution < 1.29 is 29.0 Å². The van der Waals surface area contributed by atoms with Crippen LogP contribution in [0, 0.1) is 5.92 Å². The third kappa shape index (κ3) is 7.74. The van der Waals surface area contributed by atoms with E-state index in [2.05, 4.69) is 31.4 Å². The number of aliphatic carboxylic acids is 1. The Morgan fingerprint density at radius 1 is 1.08 bits per heavy atom. The molecule has 1 aliphatic carbocycles. The Morgan fingerprint density at radius 3 is 2.62 bits per heavy atom. The molecule has 4 aromatic rings. The van der Waals surface area contributed by atoms with E-state index in [1.165, 1.54) is 11.3 Å². The largest absolute Gasteiger partial charge is 0.497 e. The van der Waals surface area contributed by atoms with Crippen LogP contribution in [0.3, 0.4) is 0 Å². The average molecular weight is 738 g/mol. The monoisotopic (exact) mass is 737 g/mol. The fourth-order valence-corrected chi connectivity index (χ4v) is 8.31. The van der Waals surface area contributed by atoms with E-state index >= 15 is 0 Å². The summed E-state index contributed by atoms with van der Waals surface area (Å²) < 4.78 is 12.2. The summed E-state index contributed by atoms with van der Waals surface area (Å²) in [6.07, 6.45) is 7.88. The highest BCUT2D eigenvalue weighted by atomic mass is 32.1. The molecule has 0 spiro atoms. The van der Waals surface area contributed by atoms with Gasteiger partial charge in [0, 0.05) is 46.2 Å². The molecule has 2 amide bonds. The van der Waals surface area contributed by atoms with E-state index < -0.39 is 35.6 Å². The first-order valence-electron chi connectivity index (χ1n) is 18.4. The quantitative estimate of drug-likeness (QED) is 0.171. The first-order valence-corrected chi connectivity index (χ1v) is 19.3. The van der Waals surface area contributed by atoms with Crippen LogP contribution in [-0.4, -0.2) is 75.1 Å². The molecule has 2 fully saturated rings. The molecule has 53 heavy (non-hydrogen) atoms. The molecular formula is C41H47N5O6S. The first kappa shape index (κ1) is 36.4. The zero-order valence-electron chi connectivity index (χ0n) is 30.6. The van der Waals surface area contributed by atoms with Crippen LogP contribution in [-0.2, 0) is 19.8 Å². The molecule has 7 rings (SSSR count). The highest BCUT2D eigenvalue weighted by Crippen LogP contribution is 2.45. The van der Waals surface area contributed by atoms with Gasteiger partial charge >= 0.3 is 5.97 Å². The van der Waals surface area contributed by atoms with Crippen molar-refractivity contribution in [3.63, 3.8) is 0 Å². The molecule has 11 nitrogen and oxygen atoms in total. The average Bonchev–Trinajstić information content (AvgIpc) is 3.42. The van der Waals surface area contributed by atoms with E-state index in [4.69, 9.17) is 19.4 Å². The molecule has 0 bridgehead atoms. The standard InChI is InChI=1S/C41H47N5O6S/c1-40(2,3)35-24-53-39(44-35)43-30-16-12-7-5-6-11-15-26-22-41(26,38(49)50)45-36(47)33-20-28(23-46(33)37(30)48)52-34-21-31(25-13-9-8-10-14-25)42-32-19-27(51-4)17-18-29(32)34/h8-11,13-15,17-19,21,24,26,28,30,33H,5-7,12,16,20,22-23H2,1-4H3,(H,43,44)(H,45,47)(H,49,50)/t26-,28-,30+,33+,41-/m1/s1. The van der Waals surface area contributed by atoms with Crippen molar-refractivity contribution in [3.8, 4) is 22.8 Å². The Labute approximate surface area is 313 Å². The fourth-order valence-electron chi connectivity index (χ4n) is 7.32. The van der Waals surface area contributed by atoms with Crippen LogP contribution >= 0.6 is 11.3 Å². The normalized spacial score (nSPS) is 25.1. The number of pyridine rings is 1. The minimum atomic E-state index is -1.39. The van der Waals surface area contributed by atoms with Gasteiger partial charge in [0.15, 0.2) is 5.13 Å². The molecule has 1 saturated heterocycles. The molecule has 2 aromatic heterocycles. The predicted octanol–water partition coefficient (Wildman–Crippen LogP) is 6.97. The molecule has 12 heteroatoms. The number of carbonyl (C=O) groups excluding carboxylic acids is 2. The molecule has 3 aliphatic rings. The lowest BCUT2D eigenvalue weighted by Crippen LogP contribution is -2.55. The topological polar surface area (TPSA) is 143 Å². The number of ether oxygens (including phenoxy) is 2. The maximum absolute atomic E-state index is 14.7. The van der Waals surface area contributed by atoms with E-state index in [0.29, 0.717) is 40.7 Å². The number of thiazole rings is 1. The van der Waals surface area contributed by atoms with Crippen molar-refractivity contribution in [2.45, 2.75) is 94.9 Å². The van der Waals surface area contributed by atoms with Crippen molar-refractivity contribution in [2.75, 3.05) is 19.0 Å². The molecule has 2 aliphatic heterocycles. The van der Waals surface area contributed by atoms with Crippen LogP contribution in [0.5, 0.6) is 11.5 Å². The lowest BCUT2D eigenvalue weighted by molar-refractivity contribution is -0.145. The molecule has 1 saturated carbocycles. The van der Waals surface area contributed by atoms with Crippen LogP contribution < -0.4 is 20.1 Å². The number of amides is 2. The number of nitrogens with one attached hydrogen (secondary N) is 2. The maximum atomic E-state index is 14.7. The Morgan fingerprint density at radius 2 is 1.89 bits per heavy atom. The number of methoxy groups -OCH3 is 1. The van der Waals surface area contributed by atoms with Gasteiger partial charge < -0.3 is 30.1 Å². The number of carboxylic acid groups (broad SMARTS) is 1. The lowest BCUT2D eigenvalue weighted by Gasteiger charge is -2.29. The summed E-state index contributed by atoms with van der Waals surface area (Å²) in [7, 11) is 1.61. The molecule has 0 radical (unpaired) electrons. The van der Waals surface area contributed by atoms with Crippen molar-refractivity contribution >= 4 is 45.2 Å². The zero-order chi connectivity index (χ0) is 37.3. The minimum Gasteiger partial charge on any atom is -0.497 e. The first-order chi connectivity index (χ1) is 25.4. The summed E-state index contributed by atoms with van der Waals surface area (Å²) in [6.45, 7) is 6.44. The number of hydrogen-bond acceptors (Lipinski definition) is 9. The van der Waals surface area contributed by atoms with E-state index in [1.54, 1.807) is 12.0 Å². The van der Waals surface area contributed by atoms with Crippen LogP contribution in [0.2, 0.25) is 0 Å². The zero-order valence-corrected chi connectivity index (χ0v) is 31.4. The summed E-state index contributed by atoms with van der Waals surface area (Å²) in [5, 5.41) is 20.0. The summed E-state index contributed by atoms with van der Waals surface area (Å²) >= 11 is 1.46. The van der Waals surface area contributed by atoms with E-state index in [9.17, 15) is 19.5 Å². The molecule has 0 unspecified atom stereocenters. The highest BCUT2D eigenvalue weighted by molar-refractivity contribution is 7.13. The second-order valence-corrected chi connectivity index (χ2v) is 16.2. The van der Waals surface area contributed by atoms with E-state index in [1.807, 2.05) is 72.1 Å². The van der Waals surface area contributed by atoms with Gasteiger partial charge in [-0.05, 0) is 37.8 Å². The Balaban J connectivity index is 1.23. The lowest BCUT2D eigenvalue weighted by atomic mass is 9.93. The molecule has 4 heterocycles. The number of nitrogens with zero attached hydrogens (tertiary/aromatic N) is 3. The Hall–Kier alpha value is -4.97. The van der Waals surface area contributed by atoms with Crippen LogP contribution in [0.4, 0.5) is 5.13 Å². The van der Waals surface area contributed by atoms with Gasteiger partial charge in [0.25, 0.3) is 0 Å². The number of carbonyl (C=O) groups is 3. The van der Waals surface area contributed by atoms with Crippen molar-refractivity contribution in [1.82, 2.24) is 20.2 Å². The molecule has 278 valence electrons. The number of fused-ring (bicyclic) bond motifs is 3. The van der Waals surface area contributed by atoms with Gasteiger partial charge in [-0.25, -0.2) is 14.8 Å². The van der Waals surface area contributed by atoms with Gasteiger partial charge in [0.2, 0.25) is 11.8 Å². The van der Waals surface area contributed by atoms with Crippen LogP contribution in [0.1, 0.15) is 71.4 Å². The number of hydrogen-bond donors (Lipinski definition) is 3. The predicted molar refractivity (Wildman–Crippen MR) is 205 cm³/mol. The molecule has 5 atom stereocenters. The van der Waals surface area contributed by atoms with Gasteiger partial charge in [0.1, 0.15) is 35.2 Å². The molecular weight excluding hydrogens is 691 g/mol. The van der Waals surface area contributed by atoms with Crippen LogP contribution in [0.25, 0.3) is 22.2 Å². The molecule has 2 aromatic carbocycles. The SMILES string of the molecule is COc1ccc2c(O[C@@H]3C[C@H]4C(=O)N[C@]5(C(=O)O)C[C@H]5C=CCCCCC[C@H](Nc5nc(C(C)(C)C)cs5)C(=O)N4C3)cc(-c3ccccc3)nc2c1. The fraction of sp³-hybridized carbons (Fsp3) is 0.439. The third-order valence-electron chi connectivity index (χ3n) is 10.5. The van der Waals surface area contributed by atoms with Crippen molar-refractivity contribution in [2.24, 2.45) is 5.92 Å². The minimum absolute atomic E-state index is 0.143. The van der Waals surface area contributed by atoms with Crippen molar-refractivity contribution in [3.05, 3.63) is 77.8 Å². The smallest absolute Gasteiger partial charge is 0.330 e. The van der Waals surface area contributed by atoms with Crippen molar-refractivity contribution in [1.29, 1.82) is 0 Å². The van der Waals surface area contributed by atoms with Gasteiger partial charge in [-0.3, -0.25) is 9.59 Å². The summed E-state index contributed by atoms with van der Waals surface area (Å²) in [5.41, 5.74) is 1.69. The number of carboxylic acids is 1. The Bertz CT molecular complexity index is 2030. The van der Waals surface area contributed by atoms with Gasteiger partial charge in [-0.2, -0.15) is 0 Å². The highest BCUT2D eigenvalue weighted by Gasteiger charge is 2.61.